The lowest BCUT2D eigenvalue weighted by Gasteiger charge is -2.13. The molecule has 0 aromatic heterocycles. The van der Waals surface area contributed by atoms with Crippen LogP contribution in [0.3, 0.4) is 0 Å². The Bertz CT molecular complexity index is 375. The van der Waals surface area contributed by atoms with Crippen molar-refractivity contribution in [3.8, 4) is 5.75 Å². The number of rotatable bonds is 9. The molecule has 4 heteroatoms. The van der Waals surface area contributed by atoms with Gasteiger partial charge in [0.1, 0.15) is 5.75 Å². The van der Waals surface area contributed by atoms with Crippen LogP contribution in [0.25, 0.3) is 0 Å². The zero-order chi connectivity index (χ0) is 14.1. The van der Waals surface area contributed by atoms with Gasteiger partial charge in [0.15, 0.2) is 0 Å². The van der Waals surface area contributed by atoms with E-state index in [1.165, 1.54) is 5.56 Å². The third-order valence-corrected chi connectivity index (χ3v) is 3.09. The Balaban J connectivity index is 2.18. The molecule has 1 atom stereocenters. The number of aliphatic carboxylic acids is 1. The highest BCUT2D eigenvalue weighted by atomic mass is 16.5. The fraction of sp³-hybridized carbons (Fsp3) is 0.533. The van der Waals surface area contributed by atoms with Crippen LogP contribution >= 0.6 is 0 Å². The van der Waals surface area contributed by atoms with E-state index in [1.54, 1.807) is 7.11 Å². The number of nitrogens with one attached hydrogen (secondary N) is 1. The first-order chi connectivity index (χ1) is 9.11. The van der Waals surface area contributed by atoms with E-state index in [0.717, 1.165) is 25.1 Å². The molecule has 0 heterocycles. The van der Waals surface area contributed by atoms with Crippen molar-refractivity contribution in [2.45, 2.75) is 38.6 Å². The number of carboxylic acid groups (broad SMARTS) is 1. The van der Waals surface area contributed by atoms with Crippen molar-refractivity contribution in [2.75, 3.05) is 13.7 Å². The summed E-state index contributed by atoms with van der Waals surface area (Å²) in [7, 11) is 1.66. The molecule has 0 saturated carbocycles. The van der Waals surface area contributed by atoms with Crippen LogP contribution in [0.5, 0.6) is 5.75 Å². The van der Waals surface area contributed by atoms with E-state index in [-0.39, 0.29) is 6.42 Å². The standard InChI is InChI=1S/C15H23NO3/c1-12(16-11-3-4-15(17)18)5-6-13-7-9-14(19-2)10-8-13/h7-10,12,16H,3-6,11H2,1-2H3,(H,17,18). The average molecular weight is 265 g/mol. The lowest BCUT2D eigenvalue weighted by molar-refractivity contribution is -0.137. The van der Waals surface area contributed by atoms with Crippen molar-refractivity contribution in [2.24, 2.45) is 0 Å². The number of carbonyl (C=O) groups is 1. The second kappa shape index (κ2) is 8.53. The van der Waals surface area contributed by atoms with Gasteiger partial charge in [0.25, 0.3) is 0 Å². The maximum Gasteiger partial charge on any atom is 0.303 e. The van der Waals surface area contributed by atoms with E-state index in [9.17, 15) is 4.79 Å². The van der Waals surface area contributed by atoms with Crippen LogP contribution in [0.4, 0.5) is 0 Å². The van der Waals surface area contributed by atoms with Gasteiger partial charge in [0.05, 0.1) is 7.11 Å². The van der Waals surface area contributed by atoms with E-state index in [1.807, 2.05) is 12.1 Å². The first kappa shape index (κ1) is 15.5. The van der Waals surface area contributed by atoms with Gasteiger partial charge in [-0.25, -0.2) is 0 Å². The smallest absolute Gasteiger partial charge is 0.303 e. The summed E-state index contributed by atoms with van der Waals surface area (Å²) in [6.45, 7) is 2.89. The van der Waals surface area contributed by atoms with E-state index in [0.29, 0.717) is 12.5 Å². The van der Waals surface area contributed by atoms with Gasteiger partial charge in [-0.15, -0.1) is 0 Å². The summed E-state index contributed by atoms with van der Waals surface area (Å²) in [6.07, 6.45) is 2.97. The van der Waals surface area contributed by atoms with Gasteiger partial charge in [0, 0.05) is 12.5 Å². The maximum atomic E-state index is 10.4. The third kappa shape index (κ3) is 6.82. The molecule has 4 nitrogen and oxygen atoms in total. The molecule has 1 rings (SSSR count). The number of methoxy groups -OCH3 is 1. The Morgan fingerprint density at radius 1 is 1.37 bits per heavy atom. The quantitative estimate of drug-likeness (QED) is 0.673. The molecule has 0 radical (unpaired) electrons. The molecular formula is C15H23NO3. The molecule has 106 valence electrons. The summed E-state index contributed by atoms with van der Waals surface area (Å²) in [6, 6.07) is 8.50. The number of ether oxygens (including phenoxy) is 1. The molecule has 0 aliphatic heterocycles. The molecule has 0 aliphatic carbocycles. The number of hydrogen-bond acceptors (Lipinski definition) is 3. The van der Waals surface area contributed by atoms with Gasteiger partial charge < -0.3 is 15.2 Å². The van der Waals surface area contributed by atoms with Crippen LogP contribution in [-0.2, 0) is 11.2 Å². The Kier molecular flexibility index (Phi) is 6.97. The second-order valence-electron chi connectivity index (χ2n) is 4.74. The molecule has 2 N–H and O–H groups in total. The van der Waals surface area contributed by atoms with Crippen LogP contribution in [0.15, 0.2) is 24.3 Å². The second-order valence-corrected chi connectivity index (χ2v) is 4.74. The molecule has 0 saturated heterocycles. The fourth-order valence-corrected chi connectivity index (χ4v) is 1.87. The average Bonchev–Trinajstić information content (AvgIpc) is 2.41. The van der Waals surface area contributed by atoms with Gasteiger partial charge in [-0.3, -0.25) is 4.79 Å². The molecule has 1 aromatic rings. The third-order valence-electron chi connectivity index (χ3n) is 3.09. The minimum absolute atomic E-state index is 0.234. The zero-order valence-electron chi connectivity index (χ0n) is 11.7. The highest BCUT2D eigenvalue weighted by Gasteiger charge is 2.03. The lowest BCUT2D eigenvalue weighted by atomic mass is 10.1. The van der Waals surface area contributed by atoms with Crippen molar-refractivity contribution in [3.63, 3.8) is 0 Å². The van der Waals surface area contributed by atoms with Crippen molar-refractivity contribution in [3.05, 3.63) is 29.8 Å². The van der Waals surface area contributed by atoms with Gasteiger partial charge in [-0.1, -0.05) is 12.1 Å². The van der Waals surface area contributed by atoms with E-state index < -0.39 is 5.97 Å². The number of hydrogen-bond donors (Lipinski definition) is 2. The Labute approximate surface area is 114 Å². The SMILES string of the molecule is COc1ccc(CCC(C)NCCCC(=O)O)cc1. The van der Waals surface area contributed by atoms with Gasteiger partial charge in [0.2, 0.25) is 0 Å². The summed E-state index contributed by atoms with van der Waals surface area (Å²) < 4.78 is 5.12. The summed E-state index contributed by atoms with van der Waals surface area (Å²) >= 11 is 0. The molecule has 0 amide bonds. The Hall–Kier alpha value is -1.55. The number of aryl methyl sites for hydroxylation is 1. The number of carboxylic acids is 1. The van der Waals surface area contributed by atoms with Crippen molar-refractivity contribution < 1.29 is 14.6 Å². The number of benzene rings is 1. The summed E-state index contributed by atoms with van der Waals surface area (Å²) in [5.74, 6) is 0.149. The topological polar surface area (TPSA) is 58.6 Å². The highest BCUT2D eigenvalue weighted by Crippen LogP contribution is 2.13. The van der Waals surface area contributed by atoms with Crippen LogP contribution < -0.4 is 10.1 Å². The van der Waals surface area contributed by atoms with E-state index in [4.69, 9.17) is 9.84 Å². The predicted octanol–water partition coefficient (Wildman–Crippen LogP) is 2.47. The Morgan fingerprint density at radius 3 is 2.63 bits per heavy atom. The molecule has 1 unspecified atom stereocenters. The lowest BCUT2D eigenvalue weighted by Crippen LogP contribution is -2.27. The van der Waals surface area contributed by atoms with E-state index >= 15 is 0 Å². The van der Waals surface area contributed by atoms with Crippen molar-refractivity contribution in [1.82, 2.24) is 5.32 Å². The van der Waals surface area contributed by atoms with Crippen molar-refractivity contribution >= 4 is 5.97 Å². The van der Waals surface area contributed by atoms with Crippen LogP contribution in [0.1, 0.15) is 31.7 Å². The summed E-state index contributed by atoms with van der Waals surface area (Å²) in [5.41, 5.74) is 1.29. The predicted molar refractivity (Wildman–Crippen MR) is 75.6 cm³/mol. The van der Waals surface area contributed by atoms with Gasteiger partial charge >= 0.3 is 5.97 Å². The molecule has 19 heavy (non-hydrogen) atoms. The molecule has 0 aliphatic rings. The zero-order valence-corrected chi connectivity index (χ0v) is 11.7. The monoisotopic (exact) mass is 265 g/mol. The van der Waals surface area contributed by atoms with Crippen molar-refractivity contribution in [1.29, 1.82) is 0 Å². The normalized spacial score (nSPS) is 12.1. The molecule has 0 spiro atoms. The summed E-state index contributed by atoms with van der Waals surface area (Å²) in [4.78, 5) is 10.4. The fourth-order valence-electron chi connectivity index (χ4n) is 1.87. The maximum absolute atomic E-state index is 10.4. The van der Waals surface area contributed by atoms with E-state index in [2.05, 4.69) is 24.4 Å². The molecular weight excluding hydrogens is 242 g/mol. The van der Waals surface area contributed by atoms with Crippen LogP contribution in [0, 0.1) is 0 Å². The first-order valence-corrected chi connectivity index (χ1v) is 6.70. The molecule has 0 fully saturated rings. The highest BCUT2D eigenvalue weighted by molar-refractivity contribution is 5.66. The first-order valence-electron chi connectivity index (χ1n) is 6.70. The largest absolute Gasteiger partial charge is 0.497 e. The van der Waals surface area contributed by atoms with Crippen LogP contribution in [0.2, 0.25) is 0 Å². The summed E-state index contributed by atoms with van der Waals surface area (Å²) in [5, 5.41) is 11.9. The Morgan fingerprint density at radius 2 is 2.05 bits per heavy atom. The van der Waals surface area contributed by atoms with Crippen LogP contribution in [-0.4, -0.2) is 30.8 Å². The minimum atomic E-state index is -0.729. The molecule has 0 bridgehead atoms. The van der Waals surface area contributed by atoms with Gasteiger partial charge in [-0.2, -0.15) is 0 Å². The van der Waals surface area contributed by atoms with Gasteiger partial charge in [-0.05, 0) is 50.4 Å². The molecule has 1 aromatic carbocycles. The minimum Gasteiger partial charge on any atom is -0.497 e.